The molecule has 0 N–H and O–H groups in total. The number of hydrogen-bond donors (Lipinski definition) is 0. The van der Waals surface area contributed by atoms with Gasteiger partial charge in [-0.15, -0.1) is 0 Å². The smallest absolute Gasteiger partial charge is 0.259 e. The highest BCUT2D eigenvalue weighted by Crippen LogP contribution is 2.26. The van der Waals surface area contributed by atoms with Gasteiger partial charge >= 0.3 is 0 Å². The molecule has 0 radical (unpaired) electrons. The van der Waals surface area contributed by atoms with Gasteiger partial charge in [-0.3, -0.25) is 19.6 Å². The monoisotopic (exact) mass is 517 g/mol. The van der Waals surface area contributed by atoms with Crippen LogP contribution >= 0.6 is 0 Å². The minimum Gasteiger partial charge on any atom is -0.338 e. The molecule has 1 aliphatic rings. The summed E-state index contributed by atoms with van der Waals surface area (Å²) in [6, 6.07) is 11.6. The number of pyridine rings is 2. The van der Waals surface area contributed by atoms with Crippen molar-refractivity contribution in [2.24, 2.45) is 5.92 Å². The third-order valence-electron chi connectivity index (χ3n) is 6.66. The van der Waals surface area contributed by atoms with Gasteiger partial charge in [-0.2, -0.15) is 0 Å². The zero-order valence-electron chi connectivity index (χ0n) is 22.2. The van der Waals surface area contributed by atoms with Crippen LogP contribution in [0.3, 0.4) is 0 Å². The molecule has 0 saturated heterocycles. The molecular formula is C30H36FN5O2. The number of anilines is 1. The van der Waals surface area contributed by atoms with Crippen molar-refractivity contribution in [2.75, 3.05) is 37.6 Å². The van der Waals surface area contributed by atoms with E-state index in [9.17, 15) is 14.0 Å². The first-order chi connectivity index (χ1) is 18.4. The van der Waals surface area contributed by atoms with Crippen LogP contribution in [-0.4, -0.2) is 64.3 Å². The van der Waals surface area contributed by atoms with Crippen molar-refractivity contribution in [1.29, 1.82) is 0 Å². The molecule has 0 bridgehead atoms. The van der Waals surface area contributed by atoms with Gasteiger partial charge in [0.25, 0.3) is 5.91 Å². The molecule has 2 aromatic heterocycles. The zero-order valence-corrected chi connectivity index (χ0v) is 22.2. The molecule has 0 saturated carbocycles. The molecule has 0 aliphatic carbocycles. The van der Waals surface area contributed by atoms with E-state index in [2.05, 4.69) is 28.7 Å². The van der Waals surface area contributed by atoms with Crippen LogP contribution in [-0.2, 0) is 17.8 Å². The highest BCUT2D eigenvalue weighted by molar-refractivity contribution is 6.06. The highest BCUT2D eigenvalue weighted by atomic mass is 19.1. The van der Waals surface area contributed by atoms with E-state index in [-0.39, 0.29) is 24.8 Å². The second-order valence-corrected chi connectivity index (χ2v) is 10.2. The number of carbonyl (C=O) groups excluding carboxylic acids is 2. The molecule has 8 heteroatoms. The number of hydrogen-bond acceptors (Lipinski definition) is 5. The van der Waals surface area contributed by atoms with Gasteiger partial charge in [-0.25, -0.2) is 4.39 Å². The van der Waals surface area contributed by atoms with E-state index in [0.717, 1.165) is 38.0 Å². The van der Waals surface area contributed by atoms with Crippen LogP contribution in [0.25, 0.3) is 0 Å². The number of halogens is 1. The quantitative estimate of drug-likeness (QED) is 0.495. The van der Waals surface area contributed by atoms with Crippen LogP contribution in [0, 0.1) is 11.7 Å². The van der Waals surface area contributed by atoms with E-state index in [1.807, 2.05) is 12.1 Å². The van der Waals surface area contributed by atoms with Gasteiger partial charge in [0.05, 0.1) is 12.0 Å². The maximum atomic E-state index is 14.5. The first-order valence-electron chi connectivity index (χ1n) is 13.3. The summed E-state index contributed by atoms with van der Waals surface area (Å²) >= 11 is 0. The summed E-state index contributed by atoms with van der Waals surface area (Å²) in [5, 5.41) is 0. The first kappa shape index (κ1) is 27.4. The fraction of sp³-hybridized carbons (Fsp3) is 0.400. The molecule has 0 unspecified atom stereocenters. The van der Waals surface area contributed by atoms with E-state index in [4.69, 9.17) is 0 Å². The number of nitrogens with zero attached hydrogens (tertiary/aromatic N) is 5. The van der Waals surface area contributed by atoms with Crippen LogP contribution in [0.15, 0.2) is 67.3 Å². The number of fused-ring (bicyclic) bond motifs is 1. The molecular weight excluding hydrogens is 481 g/mol. The number of rotatable bonds is 5. The van der Waals surface area contributed by atoms with Gasteiger partial charge in [0.1, 0.15) is 5.82 Å². The van der Waals surface area contributed by atoms with Gasteiger partial charge in [-0.05, 0) is 79.4 Å². The average Bonchev–Trinajstić information content (AvgIpc) is 2.90. The predicted molar refractivity (Wildman–Crippen MR) is 146 cm³/mol. The van der Waals surface area contributed by atoms with Gasteiger partial charge in [-0.1, -0.05) is 19.9 Å². The van der Waals surface area contributed by atoms with Gasteiger partial charge in [0.2, 0.25) is 5.91 Å². The molecule has 2 amide bonds. The largest absolute Gasteiger partial charge is 0.338 e. The van der Waals surface area contributed by atoms with Crippen molar-refractivity contribution in [2.45, 2.75) is 39.7 Å². The van der Waals surface area contributed by atoms with Crippen LogP contribution in [0.5, 0.6) is 0 Å². The van der Waals surface area contributed by atoms with Crippen molar-refractivity contribution in [3.63, 3.8) is 0 Å². The van der Waals surface area contributed by atoms with Crippen molar-refractivity contribution < 1.29 is 14.0 Å². The van der Waals surface area contributed by atoms with Crippen LogP contribution in [0.2, 0.25) is 0 Å². The Morgan fingerprint density at radius 3 is 2.37 bits per heavy atom. The highest BCUT2D eigenvalue weighted by Gasteiger charge is 2.25. The SMILES string of the molecule is CC(C)CN1CCCN(C(=O)Cc2cccnc2)Cc2cc(F)ccc2N(C(=O)c2cccnc2)CCC1. The summed E-state index contributed by atoms with van der Waals surface area (Å²) in [6.45, 7) is 8.25. The van der Waals surface area contributed by atoms with E-state index >= 15 is 0 Å². The Morgan fingerprint density at radius 2 is 1.68 bits per heavy atom. The first-order valence-corrected chi connectivity index (χ1v) is 13.3. The fourth-order valence-corrected chi connectivity index (χ4v) is 4.96. The summed E-state index contributed by atoms with van der Waals surface area (Å²) in [5.74, 6) is -0.132. The lowest BCUT2D eigenvalue weighted by molar-refractivity contribution is -0.131. The second kappa shape index (κ2) is 13.2. The summed E-state index contributed by atoms with van der Waals surface area (Å²) in [5.41, 5.74) is 2.54. The molecule has 38 heavy (non-hydrogen) atoms. The summed E-state index contributed by atoms with van der Waals surface area (Å²) in [4.78, 5) is 41.3. The lowest BCUT2D eigenvalue weighted by Gasteiger charge is -2.32. The molecule has 200 valence electrons. The summed E-state index contributed by atoms with van der Waals surface area (Å²) < 4.78 is 14.5. The van der Waals surface area contributed by atoms with Gasteiger partial charge in [0, 0.05) is 56.7 Å². The Balaban J connectivity index is 1.69. The van der Waals surface area contributed by atoms with E-state index in [1.165, 1.54) is 12.1 Å². The Bertz CT molecular complexity index is 1210. The standard InChI is InChI=1S/C30H36FN5O2/c1-23(2)21-34-13-5-15-35(29(37)17-24-7-3-11-32-19-24)22-26-18-27(31)9-10-28(26)36(16-6-14-34)30(38)25-8-4-12-33-20-25/h3-4,7-12,18-20,23H,5-6,13-17,21-22H2,1-2H3. The van der Waals surface area contributed by atoms with Crippen LogP contribution in [0.1, 0.15) is 48.2 Å². The van der Waals surface area contributed by atoms with E-state index in [1.54, 1.807) is 52.8 Å². The van der Waals surface area contributed by atoms with E-state index < -0.39 is 5.82 Å². The van der Waals surface area contributed by atoms with Gasteiger partial charge in [0.15, 0.2) is 0 Å². The van der Waals surface area contributed by atoms with Crippen molar-refractivity contribution in [3.8, 4) is 0 Å². The minimum atomic E-state index is -0.396. The van der Waals surface area contributed by atoms with Crippen LogP contribution < -0.4 is 4.90 Å². The molecule has 0 atom stereocenters. The van der Waals surface area contributed by atoms with Crippen molar-refractivity contribution in [1.82, 2.24) is 19.8 Å². The average molecular weight is 518 g/mol. The molecule has 3 aromatic rings. The topological polar surface area (TPSA) is 69.6 Å². The summed E-state index contributed by atoms with van der Waals surface area (Å²) in [7, 11) is 0. The van der Waals surface area contributed by atoms with Crippen molar-refractivity contribution >= 4 is 17.5 Å². The third-order valence-corrected chi connectivity index (χ3v) is 6.66. The molecule has 7 nitrogen and oxygen atoms in total. The Hall–Kier alpha value is -3.65. The Morgan fingerprint density at radius 1 is 0.947 bits per heavy atom. The second-order valence-electron chi connectivity index (χ2n) is 10.2. The molecule has 0 fully saturated rings. The lowest BCUT2D eigenvalue weighted by Crippen LogP contribution is -2.40. The maximum Gasteiger partial charge on any atom is 0.259 e. The van der Waals surface area contributed by atoms with E-state index in [0.29, 0.717) is 35.8 Å². The zero-order chi connectivity index (χ0) is 26.9. The normalized spacial score (nSPS) is 15.5. The third kappa shape index (κ3) is 7.44. The molecule has 3 heterocycles. The number of benzene rings is 1. The van der Waals surface area contributed by atoms with Crippen molar-refractivity contribution in [3.05, 3.63) is 89.8 Å². The summed E-state index contributed by atoms with van der Waals surface area (Å²) in [6.07, 6.45) is 8.36. The number of amides is 2. The van der Waals surface area contributed by atoms with Crippen LogP contribution in [0.4, 0.5) is 10.1 Å². The number of aromatic nitrogens is 2. The molecule has 1 aliphatic heterocycles. The lowest BCUT2D eigenvalue weighted by atomic mass is 10.1. The molecule has 0 spiro atoms. The predicted octanol–water partition coefficient (Wildman–Crippen LogP) is 4.59. The Labute approximate surface area is 224 Å². The maximum absolute atomic E-state index is 14.5. The molecule has 1 aromatic carbocycles. The minimum absolute atomic E-state index is 0.0502. The molecule has 4 rings (SSSR count). The fourth-order valence-electron chi connectivity index (χ4n) is 4.96. The number of carbonyl (C=O) groups is 2. The van der Waals surface area contributed by atoms with Gasteiger partial charge < -0.3 is 14.7 Å². The Kier molecular flexibility index (Phi) is 9.54.